The van der Waals surface area contributed by atoms with Crippen molar-refractivity contribution in [2.45, 2.75) is 6.42 Å². The summed E-state index contributed by atoms with van der Waals surface area (Å²) < 4.78 is 10.5. The van der Waals surface area contributed by atoms with Gasteiger partial charge in [-0.05, 0) is 0 Å². The number of nitrogens with zero attached hydrogens (tertiary/aromatic N) is 1. The number of ether oxygens (including phenoxy) is 2. The first kappa shape index (κ1) is 10.6. The topological polar surface area (TPSA) is 38.8 Å². The van der Waals surface area contributed by atoms with Crippen molar-refractivity contribution in [1.29, 1.82) is 0 Å². The van der Waals surface area contributed by atoms with Gasteiger partial charge < -0.3 is 14.3 Å². The molecule has 0 saturated carbocycles. The smallest absolute Gasteiger partial charge is 0.122 e. The van der Waals surface area contributed by atoms with Crippen molar-refractivity contribution in [3.63, 3.8) is 0 Å². The Hall–Kier alpha value is -0.450. The molecular weight excluding hydrogens is 170 g/mol. The summed E-state index contributed by atoms with van der Waals surface area (Å²) in [6, 6.07) is 0. The van der Waals surface area contributed by atoms with E-state index in [1.54, 1.807) is 0 Å². The molecule has 4 nitrogen and oxygen atoms in total. The number of hydrogen-bond donors (Lipinski definition) is 0. The summed E-state index contributed by atoms with van der Waals surface area (Å²) in [5.74, 6) is 0. The second-order valence-electron chi connectivity index (χ2n) is 3.02. The Balaban J connectivity index is 1.89. The van der Waals surface area contributed by atoms with Gasteiger partial charge in [0.1, 0.15) is 6.29 Å². The third-order valence-corrected chi connectivity index (χ3v) is 2.04. The summed E-state index contributed by atoms with van der Waals surface area (Å²) in [5.41, 5.74) is 0. The van der Waals surface area contributed by atoms with Crippen molar-refractivity contribution < 1.29 is 14.3 Å². The highest BCUT2D eigenvalue weighted by Gasteiger charge is 2.08. The van der Waals surface area contributed by atoms with E-state index in [1.165, 1.54) is 0 Å². The molecule has 0 N–H and O–H groups in total. The Morgan fingerprint density at radius 1 is 1.31 bits per heavy atom. The van der Waals surface area contributed by atoms with Crippen LogP contribution in [0, 0.1) is 0 Å². The van der Waals surface area contributed by atoms with Crippen molar-refractivity contribution in [2.75, 3.05) is 46.1 Å². The Labute approximate surface area is 78.8 Å². The van der Waals surface area contributed by atoms with Gasteiger partial charge in [-0.25, -0.2) is 0 Å². The highest BCUT2D eigenvalue weighted by atomic mass is 16.5. The van der Waals surface area contributed by atoms with Crippen LogP contribution >= 0.6 is 0 Å². The lowest BCUT2D eigenvalue weighted by molar-refractivity contribution is -0.108. The molecule has 76 valence electrons. The predicted octanol–water partition coefficient (Wildman–Crippen LogP) is -0.0758. The van der Waals surface area contributed by atoms with E-state index >= 15 is 0 Å². The van der Waals surface area contributed by atoms with Crippen LogP contribution in [0.1, 0.15) is 6.42 Å². The second kappa shape index (κ2) is 7.00. The minimum atomic E-state index is 0.503. The summed E-state index contributed by atoms with van der Waals surface area (Å²) in [4.78, 5) is 12.3. The van der Waals surface area contributed by atoms with Crippen molar-refractivity contribution in [2.24, 2.45) is 0 Å². The molecule has 0 aromatic carbocycles. The molecule has 0 bridgehead atoms. The number of carbonyl (C=O) groups is 1. The molecule has 1 heterocycles. The molecule has 0 amide bonds. The van der Waals surface area contributed by atoms with Gasteiger partial charge in [-0.2, -0.15) is 0 Å². The molecule has 0 unspecified atom stereocenters. The first-order valence-electron chi connectivity index (χ1n) is 4.75. The van der Waals surface area contributed by atoms with Gasteiger partial charge in [0, 0.05) is 26.1 Å². The molecule has 0 radical (unpaired) electrons. The van der Waals surface area contributed by atoms with Gasteiger partial charge in [-0.3, -0.25) is 4.90 Å². The Morgan fingerprint density at radius 3 is 2.77 bits per heavy atom. The van der Waals surface area contributed by atoms with Crippen molar-refractivity contribution >= 4 is 6.29 Å². The molecule has 0 aliphatic carbocycles. The zero-order valence-electron chi connectivity index (χ0n) is 7.91. The average Bonchev–Trinajstić information content (AvgIpc) is 2.19. The summed E-state index contributed by atoms with van der Waals surface area (Å²) in [5, 5.41) is 0. The minimum absolute atomic E-state index is 0.503. The average molecular weight is 187 g/mol. The minimum Gasteiger partial charge on any atom is -0.380 e. The van der Waals surface area contributed by atoms with E-state index in [2.05, 4.69) is 4.90 Å². The van der Waals surface area contributed by atoms with Crippen LogP contribution in [0.5, 0.6) is 0 Å². The molecule has 1 fully saturated rings. The summed E-state index contributed by atoms with van der Waals surface area (Å²) in [6.45, 7) is 5.86. The first-order valence-corrected chi connectivity index (χ1v) is 4.75. The van der Waals surface area contributed by atoms with Gasteiger partial charge in [0.15, 0.2) is 0 Å². The SMILES string of the molecule is O=CCCOCCN1CCOCC1. The third-order valence-electron chi connectivity index (χ3n) is 2.04. The van der Waals surface area contributed by atoms with Crippen LogP contribution in [0.4, 0.5) is 0 Å². The summed E-state index contributed by atoms with van der Waals surface area (Å²) in [6.07, 6.45) is 1.39. The van der Waals surface area contributed by atoms with Gasteiger partial charge in [-0.1, -0.05) is 0 Å². The number of hydrogen-bond acceptors (Lipinski definition) is 4. The van der Waals surface area contributed by atoms with E-state index in [9.17, 15) is 4.79 Å². The lowest BCUT2D eigenvalue weighted by Crippen LogP contribution is -2.38. The maximum atomic E-state index is 9.96. The Bertz CT molecular complexity index is 135. The van der Waals surface area contributed by atoms with Crippen molar-refractivity contribution in [3.8, 4) is 0 Å². The van der Waals surface area contributed by atoms with Gasteiger partial charge in [0.05, 0.1) is 26.4 Å². The molecule has 1 aliphatic rings. The van der Waals surface area contributed by atoms with Gasteiger partial charge in [-0.15, -0.1) is 0 Å². The molecule has 0 spiro atoms. The van der Waals surface area contributed by atoms with Crippen LogP contribution in [0.15, 0.2) is 0 Å². The van der Waals surface area contributed by atoms with E-state index in [-0.39, 0.29) is 0 Å². The second-order valence-corrected chi connectivity index (χ2v) is 3.02. The predicted molar refractivity (Wildman–Crippen MR) is 48.8 cm³/mol. The van der Waals surface area contributed by atoms with Crippen LogP contribution in [0.3, 0.4) is 0 Å². The van der Waals surface area contributed by atoms with E-state index in [0.29, 0.717) is 19.6 Å². The zero-order valence-corrected chi connectivity index (χ0v) is 7.91. The maximum Gasteiger partial charge on any atom is 0.122 e. The van der Waals surface area contributed by atoms with Gasteiger partial charge >= 0.3 is 0 Å². The fourth-order valence-corrected chi connectivity index (χ4v) is 1.25. The summed E-state index contributed by atoms with van der Waals surface area (Å²) >= 11 is 0. The van der Waals surface area contributed by atoms with E-state index < -0.39 is 0 Å². The van der Waals surface area contributed by atoms with Crippen LogP contribution in [-0.4, -0.2) is 57.2 Å². The van der Waals surface area contributed by atoms with E-state index in [1.807, 2.05) is 0 Å². The van der Waals surface area contributed by atoms with Crippen LogP contribution < -0.4 is 0 Å². The maximum absolute atomic E-state index is 9.96. The van der Waals surface area contributed by atoms with Crippen LogP contribution in [0.2, 0.25) is 0 Å². The Kier molecular flexibility index (Phi) is 5.73. The molecule has 0 aromatic rings. The molecular formula is C9H17NO3. The molecule has 1 saturated heterocycles. The van der Waals surface area contributed by atoms with E-state index in [4.69, 9.17) is 9.47 Å². The molecule has 0 aromatic heterocycles. The van der Waals surface area contributed by atoms with Crippen LogP contribution in [0.25, 0.3) is 0 Å². The quantitative estimate of drug-likeness (QED) is 0.431. The molecule has 4 heteroatoms. The Morgan fingerprint density at radius 2 is 2.08 bits per heavy atom. The normalized spacial score (nSPS) is 18.8. The van der Waals surface area contributed by atoms with Gasteiger partial charge in [0.25, 0.3) is 0 Å². The number of carbonyl (C=O) groups excluding carboxylic acids is 1. The molecule has 0 atom stereocenters. The highest BCUT2D eigenvalue weighted by Crippen LogP contribution is 1.95. The third kappa shape index (κ3) is 4.98. The molecule has 1 aliphatic heterocycles. The number of morpholine rings is 1. The lowest BCUT2D eigenvalue weighted by Gasteiger charge is -2.26. The fourth-order valence-electron chi connectivity index (χ4n) is 1.25. The summed E-state index contributed by atoms with van der Waals surface area (Å²) in [7, 11) is 0. The molecule has 1 rings (SSSR count). The fraction of sp³-hybridized carbons (Fsp3) is 0.889. The molecule has 13 heavy (non-hydrogen) atoms. The van der Waals surface area contributed by atoms with Gasteiger partial charge in [0.2, 0.25) is 0 Å². The number of rotatable bonds is 6. The zero-order chi connectivity index (χ0) is 9.36. The monoisotopic (exact) mass is 187 g/mol. The number of aldehydes is 1. The highest BCUT2D eigenvalue weighted by molar-refractivity contribution is 5.49. The standard InChI is InChI=1S/C9H17NO3/c11-5-1-6-12-7-2-10-3-8-13-9-4-10/h5H,1-4,6-9H2. The van der Waals surface area contributed by atoms with E-state index in [0.717, 1.165) is 39.1 Å². The lowest BCUT2D eigenvalue weighted by atomic mass is 10.4. The van der Waals surface area contributed by atoms with Crippen molar-refractivity contribution in [3.05, 3.63) is 0 Å². The van der Waals surface area contributed by atoms with Crippen LogP contribution in [-0.2, 0) is 14.3 Å². The largest absolute Gasteiger partial charge is 0.380 e. The van der Waals surface area contributed by atoms with Crippen molar-refractivity contribution in [1.82, 2.24) is 4.90 Å². The first-order chi connectivity index (χ1) is 6.43.